The van der Waals surface area contributed by atoms with Gasteiger partial charge in [-0.25, -0.2) is 9.59 Å². The van der Waals surface area contributed by atoms with Gasteiger partial charge in [0.15, 0.2) is 0 Å². The number of hydrogen-bond acceptors (Lipinski definition) is 3. The van der Waals surface area contributed by atoms with Crippen LogP contribution < -0.4 is 5.32 Å². The molecular weight excluding hydrogens is 224 g/mol. The number of carbonyl (C=O) groups excluding carboxylic acids is 2. The van der Waals surface area contributed by atoms with Gasteiger partial charge in [0.25, 0.3) is 5.91 Å². The van der Waals surface area contributed by atoms with E-state index in [4.69, 9.17) is 5.11 Å². The van der Waals surface area contributed by atoms with Gasteiger partial charge in [0.2, 0.25) is 0 Å². The molecule has 0 unspecified atom stereocenters. The fraction of sp³-hybridized carbons (Fsp3) is 0.182. The first-order valence-corrected chi connectivity index (χ1v) is 4.92. The van der Waals surface area contributed by atoms with E-state index in [9.17, 15) is 14.4 Å². The Kier molecular flexibility index (Phi) is 2.55. The van der Waals surface area contributed by atoms with E-state index in [0.717, 1.165) is 4.90 Å². The van der Waals surface area contributed by atoms with Crippen molar-refractivity contribution < 1.29 is 19.5 Å². The summed E-state index contributed by atoms with van der Waals surface area (Å²) in [4.78, 5) is 34.6. The van der Waals surface area contributed by atoms with E-state index < -0.39 is 18.0 Å². The molecule has 1 heterocycles. The smallest absolute Gasteiger partial charge is 0.335 e. The molecule has 0 aliphatic carbocycles. The van der Waals surface area contributed by atoms with Crippen LogP contribution in [-0.2, 0) is 4.79 Å². The van der Waals surface area contributed by atoms with Crippen LogP contribution in [0.5, 0.6) is 0 Å². The lowest BCUT2D eigenvalue weighted by Gasteiger charge is -2.08. The third-order valence-electron chi connectivity index (χ3n) is 2.64. The molecule has 1 atom stereocenters. The van der Waals surface area contributed by atoms with E-state index in [2.05, 4.69) is 5.32 Å². The number of likely N-dealkylation sites (N-methyl/N-ethyl adjacent to an activating group) is 1. The Hall–Kier alpha value is -2.37. The van der Waals surface area contributed by atoms with Crippen LogP contribution in [0.2, 0.25) is 0 Å². The van der Waals surface area contributed by atoms with Crippen LogP contribution in [0.3, 0.4) is 0 Å². The summed E-state index contributed by atoms with van der Waals surface area (Å²) in [6, 6.07) is 4.65. The highest BCUT2D eigenvalue weighted by atomic mass is 16.4. The molecule has 1 aliphatic rings. The molecule has 2 rings (SSSR count). The maximum absolute atomic E-state index is 11.7. The molecule has 17 heavy (non-hydrogen) atoms. The first kappa shape index (κ1) is 11.1. The van der Waals surface area contributed by atoms with Gasteiger partial charge >= 0.3 is 12.0 Å². The Labute approximate surface area is 96.8 Å². The molecular formula is C11H10N2O4. The number of urea groups is 1. The fourth-order valence-electron chi connectivity index (χ4n) is 1.62. The standard InChI is InChI=1S/C11H10N2O4/c1-13-9(14)8(12-11(13)17)6-2-4-7(5-3-6)10(15)16/h2-5,8H,1H3,(H,12,17)(H,15,16)/t8-/m1/s1. The monoisotopic (exact) mass is 234 g/mol. The summed E-state index contributed by atoms with van der Waals surface area (Å²) in [5.41, 5.74) is 0.705. The van der Waals surface area contributed by atoms with Crippen LogP contribution in [-0.4, -0.2) is 35.0 Å². The SMILES string of the molecule is CN1C(=O)N[C@H](c2ccc(C(=O)O)cc2)C1=O. The number of rotatable bonds is 2. The molecule has 1 aromatic carbocycles. The van der Waals surface area contributed by atoms with E-state index in [0.29, 0.717) is 5.56 Å². The Morgan fingerprint density at radius 1 is 1.29 bits per heavy atom. The van der Waals surface area contributed by atoms with Gasteiger partial charge in [0.05, 0.1) is 5.56 Å². The molecule has 6 heteroatoms. The number of nitrogens with one attached hydrogen (secondary N) is 1. The first-order chi connectivity index (χ1) is 8.00. The minimum absolute atomic E-state index is 0.138. The van der Waals surface area contributed by atoms with Crippen LogP contribution in [0.15, 0.2) is 24.3 Å². The van der Waals surface area contributed by atoms with Gasteiger partial charge < -0.3 is 10.4 Å². The van der Waals surface area contributed by atoms with Crippen molar-refractivity contribution in [2.24, 2.45) is 0 Å². The summed E-state index contributed by atoms with van der Waals surface area (Å²) >= 11 is 0. The van der Waals surface area contributed by atoms with Crippen LogP contribution in [0.4, 0.5) is 4.79 Å². The number of nitrogens with zero attached hydrogens (tertiary/aromatic N) is 1. The van der Waals surface area contributed by atoms with Gasteiger partial charge in [0, 0.05) is 7.05 Å². The zero-order valence-corrected chi connectivity index (χ0v) is 9.01. The van der Waals surface area contributed by atoms with Crippen LogP contribution >= 0.6 is 0 Å². The molecule has 0 saturated carbocycles. The maximum atomic E-state index is 11.7. The van der Waals surface area contributed by atoms with Gasteiger partial charge in [-0.1, -0.05) is 12.1 Å². The highest BCUT2D eigenvalue weighted by Crippen LogP contribution is 2.21. The average molecular weight is 234 g/mol. The van der Waals surface area contributed by atoms with Crippen molar-refractivity contribution in [3.8, 4) is 0 Å². The molecule has 2 N–H and O–H groups in total. The van der Waals surface area contributed by atoms with Crippen molar-refractivity contribution in [1.29, 1.82) is 0 Å². The predicted octanol–water partition coefficient (Wildman–Crippen LogP) is 0.608. The topological polar surface area (TPSA) is 86.7 Å². The summed E-state index contributed by atoms with van der Waals surface area (Å²) in [6.45, 7) is 0. The Morgan fingerprint density at radius 3 is 2.29 bits per heavy atom. The van der Waals surface area contributed by atoms with Gasteiger partial charge in [0.1, 0.15) is 6.04 Å². The number of carboxylic acids is 1. The Morgan fingerprint density at radius 2 is 1.88 bits per heavy atom. The van der Waals surface area contributed by atoms with Gasteiger partial charge in [-0.05, 0) is 17.7 Å². The second-order valence-corrected chi connectivity index (χ2v) is 3.71. The number of carbonyl (C=O) groups is 3. The maximum Gasteiger partial charge on any atom is 0.335 e. The lowest BCUT2D eigenvalue weighted by Crippen LogP contribution is -2.25. The Bertz CT molecular complexity index is 495. The van der Waals surface area contributed by atoms with E-state index in [1.807, 2.05) is 0 Å². The minimum atomic E-state index is -1.03. The van der Waals surface area contributed by atoms with Gasteiger partial charge in [-0.3, -0.25) is 9.69 Å². The van der Waals surface area contributed by atoms with Gasteiger partial charge in [-0.15, -0.1) is 0 Å². The van der Waals surface area contributed by atoms with E-state index in [1.54, 1.807) is 0 Å². The highest BCUT2D eigenvalue weighted by Gasteiger charge is 2.36. The van der Waals surface area contributed by atoms with Crippen LogP contribution in [0.1, 0.15) is 22.0 Å². The molecule has 0 aromatic heterocycles. The van der Waals surface area contributed by atoms with Crippen LogP contribution in [0.25, 0.3) is 0 Å². The summed E-state index contributed by atoms with van der Waals surface area (Å²) < 4.78 is 0. The molecule has 1 aliphatic heterocycles. The van der Waals surface area contributed by atoms with Crippen molar-refractivity contribution in [2.75, 3.05) is 7.05 Å². The van der Waals surface area contributed by atoms with Crippen molar-refractivity contribution in [1.82, 2.24) is 10.2 Å². The van der Waals surface area contributed by atoms with Gasteiger partial charge in [-0.2, -0.15) is 0 Å². The minimum Gasteiger partial charge on any atom is -0.478 e. The number of hydrogen-bond donors (Lipinski definition) is 2. The normalized spacial score (nSPS) is 19.4. The quantitative estimate of drug-likeness (QED) is 0.734. The van der Waals surface area contributed by atoms with E-state index >= 15 is 0 Å². The van der Waals surface area contributed by atoms with Crippen molar-refractivity contribution in [2.45, 2.75) is 6.04 Å². The summed E-state index contributed by atoms with van der Waals surface area (Å²) in [5.74, 6) is -1.38. The van der Waals surface area contributed by atoms with Crippen molar-refractivity contribution in [3.63, 3.8) is 0 Å². The molecule has 1 saturated heterocycles. The summed E-state index contributed by atoms with van der Waals surface area (Å²) in [7, 11) is 1.39. The molecule has 6 nitrogen and oxygen atoms in total. The van der Waals surface area contributed by atoms with E-state index in [-0.39, 0.29) is 11.5 Å². The summed E-state index contributed by atoms with van der Waals surface area (Å²) in [6.07, 6.45) is 0. The number of aromatic carboxylic acids is 1. The van der Waals surface area contributed by atoms with Crippen molar-refractivity contribution in [3.05, 3.63) is 35.4 Å². The summed E-state index contributed by atoms with van der Waals surface area (Å²) in [5, 5.41) is 11.2. The molecule has 3 amide bonds. The second-order valence-electron chi connectivity index (χ2n) is 3.71. The third-order valence-corrected chi connectivity index (χ3v) is 2.64. The molecule has 0 spiro atoms. The molecule has 88 valence electrons. The molecule has 0 bridgehead atoms. The largest absolute Gasteiger partial charge is 0.478 e. The molecule has 1 fully saturated rings. The lowest BCUT2D eigenvalue weighted by atomic mass is 10.1. The first-order valence-electron chi connectivity index (χ1n) is 4.92. The molecule has 0 radical (unpaired) electrons. The van der Waals surface area contributed by atoms with Crippen molar-refractivity contribution >= 4 is 17.9 Å². The Balaban J connectivity index is 2.27. The number of imide groups is 1. The molecule has 1 aromatic rings. The number of amides is 3. The second kappa shape index (κ2) is 3.89. The average Bonchev–Trinajstić information content (AvgIpc) is 2.57. The van der Waals surface area contributed by atoms with E-state index in [1.165, 1.54) is 31.3 Å². The number of carboxylic acid groups (broad SMARTS) is 1. The number of benzene rings is 1. The predicted molar refractivity (Wildman–Crippen MR) is 57.4 cm³/mol. The fourth-order valence-corrected chi connectivity index (χ4v) is 1.62. The third kappa shape index (κ3) is 1.84. The lowest BCUT2D eigenvalue weighted by molar-refractivity contribution is -0.126. The van der Waals surface area contributed by atoms with Crippen LogP contribution in [0, 0.1) is 0 Å². The zero-order chi connectivity index (χ0) is 12.6. The zero-order valence-electron chi connectivity index (χ0n) is 9.01. The highest BCUT2D eigenvalue weighted by molar-refractivity contribution is 6.04.